The van der Waals surface area contributed by atoms with E-state index in [2.05, 4.69) is 126 Å². The predicted molar refractivity (Wildman–Crippen MR) is 234 cm³/mol. The molecule has 0 heterocycles. The Hall–Kier alpha value is -5.49. The van der Waals surface area contributed by atoms with Gasteiger partial charge in [0.25, 0.3) is 0 Å². The predicted octanol–water partition coefficient (Wildman–Crippen LogP) is 16.0. The number of alkyl halides is 3. The van der Waals surface area contributed by atoms with E-state index in [-0.39, 0.29) is 11.2 Å². The summed E-state index contributed by atoms with van der Waals surface area (Å²) in [5.74, 6) is 3.07. The van der Waals surface area contributed by atoms with Gasteiger partial charge in [-0.15, -0.1) is 13.2 Å². The highest BCUT2D eigenvalue weighted by Crippen LogP contribution is 2.36. The van der Waals surface area contributed by atoms with Crippen LogP contribution in [-0.4, -0.2) is 6.36 Å². The van der Waals surface area contributed by atoms with E-state index in [1.165, 1.54) is 52.8 Å². The van der Waals surface area contributed by atoms with Gasteiger partial charge in [0.2, 0.25) is 0 Å². The highest BCUT2D eigenvalue weighted by atomic mass is 19.4. The van der Waals surface area contributed by atoms with Crippen LogP contribution in [0.4, 0.5) is 13.2 Å². The first kappa shape index (κ1) is 43.6. The zero-order chi connectivity index (χ0) is 41.7. The third-order valence-electron chi connectivity index (χ3n) is 9.86. The molecule has 0 spiro atoms. The molecule has 0 bridgehead atoms. The third kappa shape index (κ3) is 13.0. The van der Waals surface area contributed by atoms with E-state index in [0.717, 1.165) is 66.0 Å². The zero-order valence-corrected chi connectivity index (χ0v) is 35.0. The molecule has 58 heavy (non-hydrogen) atoms. The van der Waals surface area contributed by atoms with E-state index in [9.17, 15) is 13.2 Å². The summed E-state index contributed by atoms with van der Waals surface area (Å²) in [6, 6.07) is 43.5. The largest absolute Gasteiger partial charge is 0.573 e. The molecule has 0 saturated carbocycles. The van der Waals surface area contributed by atoms with E-state index in [1.807, 2.05) is 36.4 Å². The van der Waals surface area contributed by atoms with Gasteiger partial charge in [-0.2, -0.15) is 0 Å². The minimum Gasteiger partial charge on any atom is -0.457 e. The van der Waals surface area contributed by atoms with Crippen molar-refractivity contribution >= 4 is 0 Å². The molecule has 0 N–H and O–H groups in total. The van der Waals surface area contributed by atoms with Gasteiger partial charge in [0, 0.05) is 0 Å². The van der Waals surface area contributed by atoms with Gasteiger partial charge in [0.15, 0.2) is 0 Å². The zero-order valence-electron chi connectivity index (χ0n) is 35.0. The molecule has 0 aliphatic heterocycles. The molecule has 0 atom stereocenters. The van der Waals surface area contributed by atoms with Gasteiger partial charge in [-0.3, -0.25) is 0 Å². The lowest BCUT2D eigenvalue weighted by molar-refractivity contribution is -0.274. The number of ether oxygens (including phenoxy) is 3. The van der Waals surface area contributed by atoms with Crippen LogP contribution >= 0.6 is 0 Å². The molecule has 6 aromatic rings. The van der Waals surface area contributed by atoms with Gasteiger partial charge in [-0.1, -0.05) is 151 Å². The van der Waals surface area contributed by atoms with Crippen molar-refractivity contribution in [1.82, 2.24) is 0 Å². The first-order chi connectivity index (χ1) is 27.7. The number of unbranched alkanes of at least 4 members (excludes halogenated alkanes) is 1. The quantitative estimate of drug-likeness (QED) is 0.110. The van der Waals surface area contributed by atoms with Crippen molar-refractivity contribution in [2.75, 3.05) is 0 Å². The Balaban J connectivity index is 0.000000223. The fraction of sp³-hybridized carbons (Fsp3) is 0.308. The number of hydrogen-bond acceptors (Lipinski definition) is 3. The minimum absolute atomic E-state index is 0.00755. The first-order valence-corrected chi connectivity index (χ1v) is 20.5. The van der Waals surface area contributed by atoms with E-state index >= 15 is 0 Å². The summed E-state index contributed by atoms with van der Waals surface area (Å²) in [7, 11) is 0. The van der Waals surface area contributed by atoms with Gasteiger partial charge in [0.1, 0.15) is 28.7 Å². The summed E-state index contributed by atoms with van der Waals surface area (Å²) in [6.45, 7) is 15.1. The SMILES string of the molecule is CCCCc1ccc(Oc2cc(-c3ccc(C)cc3)ccc2CCC)cc1.CCCc1ccc(-c2cccc(OC(F)(F)F)c2)cc1Oc1cccc(C(C)(C)C)c1. The van der Waals surface area contributed by atoms with Gasteiger partial charge in [0.05, 0.1) is 0 Å². The third-order valence-corrected chi connectivity index (χ3v) is 9.86. The van der Waals surface area contributed by atoms with E-state index in [4.69, 9.17) is 9.47 Å². The molecule has 0 aliphatic carbocycles. The molecular weight excluding hydrogens is 730 g/mol. The van der Waals surface area contributed by atoms with Crippen LogP contribution in [0.2, 0.25) is 0 Å². The Bertz CT molecular complexity index is 2200. The van der Waals surface area contributed by atoms with Crippen molar-refractivity contribution < 1.29 is 27.4 Å². The normalized spacial score (nSPS) is 11.4. The standard InChI is InChI=1S/C26H27F3O2.C26H30O/c1-5-8-18-13-14-20(19-9-6-12-23(15-19)31-26(27,28)29)16-24(18)30-22-11-7-10-21(17-22)25(2,3)4;1-4-6-8-21-11-17-25(18-12-21)27-26-19-24(16-15-23(26)7-5-2)22-13-9-20(3)10-14-22/h6-7,9-17H,5,8H2,1-4H3;9-19H,4-8H2,1-3H3. The van der Waals surface area contributed by atoms with Gasteiger partial charge < -0.3 is 14.2 Å². The molecule has 3 nitrogen and oxygen atoms in total. The number of benzene rings is 6. The number of halogens is 3. The Labute approximate surface area is 343 Å². The molecule has 0 aliphatic rings. The van der Waals surface area contributed by atoms with Crippen LogP contribution in [0, 0.1) is 6.92 Å². The van der Waals surface area contributed by atoms with Crippen LogP contribution in [-0.2, 0) is 24.7 Å². The highest BCUT2D eigenvalue weighted by Gasteiger charge is 2.31. The molecule has 0 unspecified atom stereocenters. The maximum Gasteiger partial charge on any atom is 0.573 e. The van der Waals surface area contributed by atoms with Gasteiger partial charge in [-0.25, -0.2) is 0 Å². The van der Waals surface area contributed by atoms with Crippen LogP contribution in [0.25, 0.3) is 22.3 Å². The van der Waals surface area contributed by atoms with Gasteiger partial charge >= 0.3 is 6.36 Å². The van der Waals surface area contributed by atoms with Crippen molar-refractivity contribution in [3.8, 4) is 51.0 Å². The van der Waals surface area contributed by atoms with Crippen molar-refractivity contribution in [2.24, 2.45) is 0 Å². The first-order valence-electron chi connectivity index (χ1n) is 20.5. The Morgan fingerprint density at radius 1 is 0.483 bits per heavy atom. The van der Waals surface area contributed by atoms with Crippen LogP contribution in [0.3, 0.4) is 0 Å². The second-order valence-electron chi connectivity index (χ2n) is 15.8. The molecule has 6 aromatic carbocycles. The maximum atomic E-state index is 12.6. The number of hydrogen-bond donors (Lipinski definition) is 0. The lowest BCUT2D eigenvalue weighted by atomic mass is 9.87. The second-order valence-corrected chi connectivity index (χ2v) is 15.8. The molecule has 0 amide bonds. The maximum absolute atomic E-state index is 12.6. The van der Waals surface area contributed by atoms with Crippen molar-refractivity contribution in [3.63, 3.8) is 0 Å². The van der Waals surface area contributed by atoms with Gasteiger partial charge in [-0.05, 0) is 131 Å². The fourth-order valence-corrected chi connectivity index (χ4v) is 6.61. The van der Waals surface area contributed by atoms with Crippen LogP contribution < -0.4 is 14.2 Å². The summed E-state index contributed by atoms with van der Waals surface area (Å²) in [6.07, 6.45) is 2.80. The summed E-state index contributed by atoms with van der Waals surface area (Å²) in [4.78, 5) is 0. The van der Waals surface area contributed by atoms with E-state index < -0.39 is 6.36 Å². The van der Waals surface area contributed by atoms with Crippen molar-refractivity contribution in [1.29, 1.82) is 0 Å². The summed E-state index contributed by atoms with van der Waals surface area (Å²) < 4.78 is 54.4. The summed E-state index contributed by atoms with van der Waals surface area (Å²) in [5.41, 5.74) is 9.94. The fourth-order valence-electron chi connectivity index (χ4n) is 6.61. The monoisotopic (exact) mass is 786 g/mol. The minimum atomic E-state index is -4.73. The lowest BCUT2D eigenvalue weighted by Gasteiger charge is -2.20. The smallest absolute Gasteiger partial charge is 0.457 e. The lowest BCUT2D eigenvalue weighted by Crippen LogP contribution is -2.17. The Morgan fingerprint density at radius 2 is 1.02 bits per heavy atom. The van der Waals surface area contributed by atoms with E-state index in [0.29, 0.717) is 11.3 Å². The van der Waals surface area contributed by atoms with Crippen LogP contribution in [0.1, 0.15) is 95.0 Å². The Morgan fingerprint density at radius 3 is 1.59 bits per heavy atom. The molecule has 0 saturated heterocycles. The second kappa shape index (κ2) is 20.3. The molecule has 304 valence electrons. The average Bonchev–Trinajstić information content (AvgIpc) is 3.19. The summed E-state index contributed by atoms with van der Waals surface area (Å²) >= 11 is 0. The topological polar surface area (TPSA) is 27.7 Å². The molecule has 6 heteroatoms. The highest BCUT2D eigenvalue weighted by molar-refractivity contribution is 5.68. The average molecular weight is 787 g/mol. The summed E-state index contributed by atoms with van der Waals surface area (Å²) in [5, 5.41) is 0. The molecule has 0 aromatic heterocycles. The molecule has 0 fully saturated rings. The van der Waals surface area contributed by atoms with Crippen LogP contribution in [0.5, 0.6) is 28.7 Å². The van der Waals surface area contributed by atoms with Crippen LogP contribution in [0.15, 0.2) is 133 Å². The van der Waals surface area contributed by atoms with E-state index in [1.54, 1.807) is 12.1 Å². The number of rotatable bonds is 14. The van der Waals surface area contributed by atoms with Crippen molar-refractivity contribution in [3.05, 3.63) is 161 Å². The van der Waals surface area contributed by atoms with Crippen molar-refractivity contribution in [2.45, 2.75) is 105 Å². The molecular formula is C52H57F3O3. The molecule has 0 radical (unpaired) electrons. The number of aryl methyl sites for hydroxylation is 4. The Kier molecular flexibility index (Phi) is 15.3. The molecule has 6 rings (SSSR count).